The van der Waals surface area contributed by atoms with Gasteiger partial charge in [0.15, 0.2) is 0 Å². The van der Waals surface area contributed by atoms with Gasteiger partial charge in [0.05, 0.1) is 0 Å². The fourth-order valence-electron chi connectivity index (χ4n) is 3.11. The third-order valence-electron chi connectivity index (χ3n) is 4.24. The van der Waals surface area contributed by atoms with Gasteiger partial charge in [-0.25, -0.2) is 9.48 Å². The summed E-state index contributed by atoms with van der Waals surface area (Å²) in [7, 11) is 3.05. The van der Waals surface area contributed by atoms with Crippen molar-refractivity contribution in [2.24, 2.45) is 25.7 Å². The quantitative estimate of drug-likeness (QED) is 0.799. The maximum absolute atomic E-state index is 12.3. The third kappa shape index (κ3) is 2.37. The van der Waals surface area contributed by atoms with E-state index in [9.17, 15) is 9.59 Å². The summed E-state index contributed by atoms with van der Waals surface area (Å²) >= 11 is 0. The second-order valence-corrected chi connectivity index (χ2v) is 5.37. The first-order valence-corrected chi connectivity index (χ1v) is 7.12. The van der Waals surface area contributed by atoms with E-state index in [1.807, 2.05) is 11.8 Å². The second-order valence-electron chi connectivity index (χ2n) is 5.37. The summed E-state index contributed by atoms with van der Waals surface area (Å²) in [5, 5.41) is 4.17. The Kier molecular flexibility index (Phi) is 4.27. The molecule has 1 saturated carbocycles. The van der Waals surface area contributed by atoms with E-state index in [0.29, 0.717) is 24.8 Å². The van der Waals surface area contributed by atoms with Crippen LogP contribution in [0.3, 0.4) is 0 Å². The largest absolute Gasteiger partial charge is 0.348 e. The first-order valence-electron chi connectivity index (χ1n) is 7.12. The predicted molar refractivity (Wildman–Crippen MR) is 77.9 cm³/mol. The smallest absolute Gasteiger partial charge is 0.346 e. The van der Waals surface area contributed by atoms with Crippen LogP contribution >= 0.6 is 0 Å². The molecule has 1 aromatic rings. The van der Waals surface area contributed by atoms with Crippen LogP contribution < -0.4 is 21.9 Å². The lowest BCUT2D eigenvalue weighted by Gasteiger charge is -2.32. The monoisotopic (exact) mass is 281 g/mol. The predicted octanol–water partition coefficient (Wildman–Crippen LogP) is -0.567. The Hall–Kier alpha value is -1.63. The molecule has 0 saturated heterocycles. The van der Waals surface area contributed by atoms with Crippen LogP contribution in [0.15, 0.2) is 9.59 Å². The van der Waals surface area contributed by atoms with Gasteiger partial charge < -0.3 is 10.6 Å². The SMILES string of the molecule is CCN(c1nn(C)c(=O)n(C)c1=O)C1CCCC1CN. The topological polar surface area (TPSA) is 86.2 Å². The van der Waals surface area contributed by atoms with Crippen molar-refractivity contribution in [3.05, 3.63) is 20.8 Å². The Morgan fingerprint density at radius 2 is 2.05 bits per heavy atom. The lowest BCUT2D eigenvalue weighted by molar-refractivity contribution is 0.451. The molecule has 1 aliphatic rings. The summed E-state index contributed by atoms with van der Waals surface area (Å²) in [6, 6.07) is 0.239. The molecule has 0 bridgehead atoms. The first kappa shape index (κ1) is 14.8. The van der Waals surface area contributed by atoms with Gasteiger partial charge >= 0.3 is 5.69 Å². The Morgan fingerprint density at radius 1 is 1.35 bits per heavy atom. The zero-order valence-corrected chi connectivity index (χ0v) is 12.4. The average Bonchev–Trinajstić information content (AvgIpc) is 2.91. The van der Waals surface area contributed by atoms with Crippen LogP contribution in [0.5, 0.6) is 0 Å². The molecule has 0 aromatic carbocycles. The minimum absolute atomic E-state index is 0.239. The zero-order valence-electron chi connectivity index (χ0n) is 12.4. The summed E-state index contributed by atoms with van der Waals surface area (Å²) in [5.41, 5.74) is 5.09. The Balaban J connectivity index is 2.48. The van der Waals surface area contributed by atoms with E-state index in [4.69, 9.17) is 5.73 Å². The number of rotatable bonds is 4. The Bertz CT molecular complexity index is 591. The minimum Gasteiger partial charge on any atom is -0.348 e. The van der Waals surface area contributed by atoms with E-state index in [0.717, 1.165) is 23.8 Å². The summed E-state index contributed by atoms with van der Waals surface area (Å²) in [5.74, 6) is 0.737. The summed E-state index contributed by atoms with van der Waals surface area (Å²) in [4.78, 5) is 26.0. The molecule has 0 spiro atoms. The summed E-state index contributed by atoms with van der Waals surface area (Å²) < 4.78 is 2.32. The molecule has 1 fully saturated rings. The molecule has 2 rings (SSSR count). The van der Waals surface area contributed by atoms with E-state index in [1.165, 1.54) is 11.7 Å². The molecular weight excluding hydrogens is 258 g/mol. The van der Waals surface area contributed by atoms with E-state index >= 15 is 0 Å². The normalized spacial score (nSPS) is 22.2. The minimum atomic E-state index is -0.406. The van der Waals surface area contributed by atoms with Gasteiger partial charge in [0.25, 0.3) is 5.56 Å². The summed E-state index contributed by atoms with van der Waals surface area (Å²) in [6.45, 7) is 3.30. The highest BCUT2D eigenvalue weighted by Gasteiger charge is 2.32. The fourth-order valence-corrected chi connectivity index (χ4v) is 3.11. The van der Waals surface area contributed by atoms with Crippen LogP contribution in [0, 0.1) is 5.92 Å². The van der Waals surface area contributed by atoms with Crippen molar-refractivity contribution in [2.45, 2.75) is 32.2 Å². The number of aromatic nitrogens is 3. The maximum atomic E-state index is 12.3. The molecule has 1 aromatic heterocycles. The van der Waals surface area contributed by atoms with Gasteiger partial charge in [0, 0.05) is 26.7 Å². The zero-order chi connectivity index (χ0) is 14.9. The molecule has 1 aliphatic carbocycles. The number of aryl methyl sites for hydroxylation is 1. The third-order valence-corrected chi connectivity index (χ3v) is 4.24. The highest BCUT2D eigenvalue weighted by Crippen LogP contribution is 2.30. The van der Waals surface area contributed by atoms with Crippen molar-refractivity contribution in [1.29, 1.82) is 0 Å². The number of nitrogens with two attached hydrogens (primary N) is 1. The van der Waals surface area contributed by atoms with Crippen molar-refractivity contribution < 1.29 is 0 Å². The standard InChI is InChI=1S/C13H23N5O2/c1-4-18(10-7-5-6-9(10)8-14)11-12(19)16(2)13(20)17(3)15-11/h9-10H,4-8,14H2,1-3H3. The fraction of sp³-hybridized carbons (Fsp3) is 0.769. The van der Waals surface area contributed by atoms with Gasteiger partial charge in [-0.3, -0.25) is 9.36 Å². The number of hydrogen-bond acceptors (Lipinski definition) is 5. The molecule has 1 heterocycles. The highest BCUT2D eigenvalue weighted by atomic mass is 16.2. The van der Waals surface area contributed by atoms with Gasteiger partial charge in [-0.1, -0.05) is 6.42 Å². The maximum Gasteiger partial charge on any atom is 0.346 e. The van der Waals surface area contributed by atoms with Gasteiger partial charge in [-0.15, -0.1) is 5.10 Å². The van der Waals surface area contributed by atoms with E-state index in [1.54, 1.807) is 7.05 Å². The number of hydrogen-bond donors (Lipinski definition) is 1. The van der Waals surface area contributed by atoms with E-state index in [2.05, 4.69) is 5.10 Å². The second kappa shape index (κ2) is 5.78. The number of anilines is 1. The van der Waals surface area contributed by atoms with Gasteiger partial charge in [0.2, 0.25) is 5.82 Å². The van der Waals surface area contributed by atoms with Crippen LogP contribution in [0.4, 0.5) is 5.82 Å². The molecule has 7 heteroatoms. The van der Waals surface area contributed by atoms with Crippen molar-refractivity contribution in [3.63, 3.8) is 0 Å². The van der Waals surface area contributed by atoms with Crippen LogP contribution in [0.1, 0.15) is 26.2 Å². The molecule has 2 N–H and O–H groups in total. The van der Waals surface area contributed by atoms with Crippen LogP contribution in [-0.4, -0.2) is 33.5 Å². The van der Waals surface area contributed by atoms with Gasteiger partial charge in [0.1, 0.15) is 0 Å². The molecule has 0 amide bonds. The van der Waals surface area contributed by atoms with Crippen LogP contribution in [0.2, 0.25) is 0 Å². The first-order chi connectivity index (χ1) is 9.51. The van der Waals surface area contributed by atoms with Gasteiger partial charge in [-0.05, 0) is 32.2 Å². The van der Waals surface area contributed by atoms with Gasteiger partial charge in [-0.2, -0.15) is 0 Å². The Labute approximate surface area is 118 Å². The van der Waals surface area contributed by atoms with Crippen molar-refractivity contribution in [2.75, 3.05) is 18.0 Å². The van der Waals surface area contributed by atoms with Crippen molar-refractivity contribution in [3.8, 4) is 0 Å². The summed E-state index contributed by atoms with van der Waals surface area (Å²) in [6.07, 6.45) is 3.22. The number of nitrogens with zero attached hydrogens (tertiary/aromatic N) is 4. The molecule has 2 atom stereocenters. The average molecular weight is 281 g/mol. The molecule has 20 heavy (non-hydrogen) atoms. The molecule has 2 unspecified atom stereocenters. The van der Waals surface area contributed by atoms with E-state index < -0.39 is 5.69 Å². The molecule has 112 valence electrons. The lowest BCUT2D eigenvalue weighted by atomic mass is 10.0. The van der Waals surface area contributed by atoms with Crippen LogP contribution in [-0.2, 0) is 14.1 Å². The van der Waals surface area contributed by atoms with Crippen molar-refractivity contribution in [1.82, 2.24) is 14.3 Å². The molecule has 0 aliphatic heterocycles. The highest BCUT2D eigenvalue weighted by molar-refractivity contribution is 5.37. The van der Waals surface area contributed by atoms with Crippen LogP contribution in [0.25, 0.3) is 0 Å². The molecule has 0 radical (unpaired) electrons. The lowest BCUT2D eigenvalue weighted by Crippen LogP contribution is -2.48. The molecule has 7 nitrogen and oxygen atoms in total. The Morgan fingerprint density at radius 3 is 2.65 bits per heavy atom. The molecular formula is C13H23N5O2. The van der Waals surface area contributed by atoms with E-state index in [-0.39, 0.29) is 11.6 Å². The van der Waals surface area contributed by atoms with Crippen molar-refractivity contribution >= 4 is 5.82 Å².